The Hall–Kier alpha value is -2.45. The number of rotatable bonds is 2. The van der Waals surface area contributed by atoms with E-state index in [1.165, 1.54) is 11.1 Å². The number of hydrogen-bond donors (Lipinski definition) is 0. The van der Waals surface area contributed by atoms with Crippen LogP contribution >= 0.6 is 0 Å². The van der Waals surface area contributed by atoms with E-state index >= 15 is 0 Å². The fourth-order valence-corrected chi connectivity index (χ4v) is 2.60. The third kappa shape index (κ3) is 3.03. The normalized spacial score (nSPS) is 18.4. The number of hydrogen-bond acceptors (Lipinski definition) is 5. The second kappa shape index (κ2) is 5.64. The maximum absolute atomic E-state index is 13.0. The van der Waals surface area contributed by atoms with Crippen LogP contribution < -0.4 is 0 Å². The zero-order chi connectivity index (χ0) is 16.6. The van der Waals surface area contributed by atoms with Gasteiger partial charge in [0.1, 0.15) is 0 Å². The summed E-state index contributed by atoms with van der Waals surface area (Å²) in [5.41, 5.74) is -1.42. The highest BCUT2D eigenvalue weighted by molar-refractivity contribution is 5.96. The lowest BCUT2D eigenvalue weighted by Gasteiger charge is -2.18. The highest BCUT2D eigenvalue weighted by Gasteiger charge is 2.38. The molecule has 1 unspecified atom stereocenters. The number of nitrogens with zero attached hydrogens (tertiary/aromatic N) is 4. The summed E-state index contributed by atoms with van der Waals surface area (Å²) in [6, 6.07) is 1.09. The molecule has 1 aliphatic heterocycles. The van der Waals surface area contributed by atoms with Crippen molar-refractivity contribution in [2.75, 3.05) is 13.1 Å². The Bertz CT molecular complexity index is 729. The number of carbonyl (C=O) groups is 1. The molecular formula is C14H13F3N4O2. The van der Waals surface area contributed by atoms with E-state index in [1.807, 2.05) is 0 Å². The molecule has 3 heterocycles. The summed E-state index contributed by atoms with van der Waals surface area (Å²) in [6.07, 6.45) is -2.21. The molecule has 0 aromatic carbocycles. The minimum Gasteiger partial charge on any atom is -0.339 e. The second-order valence-corrected chi connectivity index (χ2v) is 5.34. The van der Waals surface area contributed by atoms with Gasteiger partial charge in [0.25, 0.3) is 5.91 Å². The van der Waals surface area contributed by atoms with Crippen LogP contribution in [0.15, 0.2) is 23.0 Å². The van der Waals surface area contributed by atoms with Gasteiger partial charge in [-0.15, -0.1) is 0 Å². The molecule has 1 saturated heterocycles. The second-order valence-electron chi connectivity index (χ2n) is 5.34. The van der Waals surface area contributed by atoms with E-state index in [2.05, 4.69) is 15.1 Å². The number of halogens is 3. The molecule has 0 saturated carbocycles. The molecule has 23 heavy (non-hydrogen) atoms. The lowest BCUT2D eigenvalue weighted by atomic mass is 10.1. The van der Waals surface area contributed by atoms with Gasteiger partial charge in [-0.3, -0.25) is 9.78 Å². The first-order valence-electron chi connectivity index (χ1n) is 6.97. The Morgan fingerprint density at radius 1 is 1.43 bits per heavy atom. The maximum atomic E-state index is 13.0. The van der Waals surface area contributed by atoms with Crippen molar-refractivity contribution in [2.45, 2.75) is 25.4 Å². The molecule has 6 nitrogen and oxygen atoms in total. The largest absolute Gasteiger partial charge is 0.418 e. The van der Waals surface area contributed by atoms with Crippen molar-refractivity contribution in [1.82, 2.24) is 20.0 Å². The number of aryl methyl sites for hydroxylation is 1. The van der Waals surface area contributed by atoms with Crippen LogP contribution in [0.2, 0.25) is 0 Å². The smallest absolute Gasteiger partial charge is 0.339 e. The van der Waals surface area contributed by atoms with Crippen molar-refractivity contribution >= 4 is 5.91 Å². The van der Waals surface area contributed by atoms with E-state index in [-0.39, 0.29) is 12.5 Å². The molecule has 1 amide bonds. The summed E-state index contributed by atoms with van der Waals surface area (Å²) < 4.78 is 44.1. The standard InChI is InChI=1S/C14H13F3N4O2/c1-8-19-12(23-20-8)9-3-5-21(7-9)13(22)10-2-4-18-6-11(10)14(15,16)17/h2,4,6,9H,3,5,7H2,1H3. The summed E-state index contributed by atoms with van der Waals surface area (Å²) >= 11 is 0. The van der Waals surface area contributed by atoms with E-state index in [0.717, 1.165) is 6.07 Å². The van der Waals surface area contributed by atoms with Gasteiger partial charge in [0, 0.05) is 25.5 Å². The molecule has 3 rings (SSSR count). The topological polar surface area (TPSA) is 72.1 Å². The molecule has 1 atom stereocenters. The highest BCUT2D eigenvalue weighted by Crippen LogP contribution is 2.33. The average molecular weight is 326 g/mol. The van der Waals surface area contributed by atoms with Crippen LogP contribution in [0, 0.1) is 6.92 Å². The Kier molecular flexibility index (Phi) is 3.78. The predicted octanol–water partition coefficient (Wildman–Crippen LogP) is 2.42. The van der Waals surface area contributed by atoms with Crippen LogP contribution in [-0.2, 0) is 6.18 Å². The fourth-order valence-electron chi connectivity index (χ4n) is 2.60. The van der Waals surface area contributed by atoms with Crippen molar-refractivity contribution in [3.05, 3.63) is 41.3 Å². The van der Waals surface area contributed by atoms with Crippen LogP contribution in [0.1, 0.15) is 40.0 Å². The molecule has 9 heteroatoms. The SMILES string of the molecule is Cc1noc(C2CCN(C(=O)c3ccncc3C(F)(F)F)C2)n1. The van der Waals surface area contributed by atoms with E-state index in [0.29, 0.717) is 30.9 Å². The number of carbonyl (C=O) groups excluding carboxylic acids is 1. The number of amides is 1. The van der Waals surface area contributed by atoms with Crippen LogP contribution in [0.3, 0.4) is 0 Å². The van der Waals surface area contributed by atoms with Crippen molar-refractivity contribution in [3.8, 4) is 0 Å². The first-order chi connectivity index (χ1) is 10.9. The lowest BCUT2D eigenvalue weighted by Crippen LogP contribution is -2.30. The van der Waals surface area contributed by atoms with Gasteiger partial charge in [0.15, 0.2) is 5.82 Å². The summed E-state index contributed by atoms with van der Waals surface area (Å²) in [4.78, 5) is 21.4. The van der Waals surface area contributed by atoms with Gasteiger partial charge in [-0.1, -0.05) is 5.16 Å². The quantitative estimate of drug-likeness (QED) is 0.847. The molecule has 0 radical (unpaired) electrons. The fraction of sp³-hybridized carbons (Fsp3) is 0.429. The number of pyridine rings is 1. The molecule has 2 aromatic heterocycles. The summed E-state index contributed by atoms with van der Waals surface area (Å²) in [5.74, 6) is 0.0663. The minimum atomic E-state index is -4.62. The van der Waals surface area contributed by atoms with E-state index in [9.17, 15) is 18.0 Å². The lowest BCUT2D eigenvalue weighted by molar-refractivity contribution is -0.138. The van der Waals surface area contributed by atoms with Gasteiger partial charge >= 0.3 is 6.18 Å². The molecule has 1 aliphatic rings. The number of likely N-dealkylation sites (tertiary alicyclic amines) is 1. The molecule has 122 valence electrons. The van der Waals surface area contributed by atoms with Crippen molar-refractivity contribution in [2.24, 2.45) is 0 Å². The van der Waals surface area contributed by atoms with Gasteiger partial charge in [0.2, 0.25) is 5.89 Å². The summed E-state index contributed by atoms with van der Waals surface area (Å²) in [7, 11) is 0. The van der Waals surface area contributed by atoms with Gasteiger partial charge in [0.05, 0.1) is 17.0 Å². The van der Waals surface area contributed by atoms with Gasteiger partial charge in [-0.2, -0.15) is 18.2 Å². The van der Waals surface area contributed by atoms with Crippen LogP contribution in [-0.4, -0.2) is 39.0 Å². The van der Waals surface area contributed by atoms with Crippen molar-refractivity contribution < 1.29 is 22.5 Å². The predicted molar refractivity (Wildman–Crippen MR) is 71.5 cm³/mol. The molecular weight excluding hydrogens is 313 g/mol. The van der Waals surface area contributed by atoms with Crippen LogP contribution in [0.5, 0.6) is 0 Å². The molecule has 0 spiro atoms. The summed E-state index contributed by atoms with van der Waals surface area (Å²) in [5, 5.41) is 3.69. The molecule has 1 fully saturated rings. The zero-order valence-corrected chi connectivity index (χ0v) is 12.2. The van der Waals surface area contributed by atoms with E-state index in [4.69, 9.17) is 4.52 Å². The third-order valence-electron chi connectivity index (χ3n) is 3.72. The monoisotopic (exact) mass is 326 g/mol. The maximum Gasteiger partial charge on any atom is 0.418 e. The Morgan fingerprint density at radius 2 is 2.22 bits per heavy atom. The van der Waals surface area contributed by atoms with E-state index in [1.54, 1.807) is 6.92 Å². The Labute approximate surface area is 129 Å². The Balaban J connectivity index is 1.80. The third-order valence-corrected chi connectivity index (χ3v) is 3.72. The van der Waals surface area contributed by atoms with E-state index < -0.39 is 23.2 Å². The summed E-state index contributed by atoms with van der Waals surface area (Å²) in [6.45, 7) is 2.27. The number of alkyl halides is 3. The zero-order valence-electron chi connectivity index (χ0n) is 12.2. The van der Waals surface area contributed by atoms with Gasteiger partial charge in [-0.25, -0.2) is 0 Å². The Morgan fingerprint density at radius 3 is 2.87 bits per heavy atom. The first-order valence-corrected chi connectivity index (χ1v) is 6.97. The minimum absolute atomic E-state index is 0.156. The van der Waals surface area contributed by atoms with Crippen molar-refractivity contribution in [1.29, 1.82) is 0 Å². The van der Waals surface area contributed by atoms with Crippen LogP contribution in [0.25, 0.3) is 0 Å². The van der Waals surface area contributed by atoms with Crippen molar-refractivity contribution in [3.63, 3.8) is 0 Å². The van der Waals surface area contributed by atoms with Gasteiger partial charge in [-0.05, 0) is 19.4 Å². The molecule has 0 N–H and O–H groups in total. The molecule has 0 aliphatic carbocycles. The average Bonchev–Trinajstić information content (AvgIpc) is 3.14. The highest BCUT2D eigenvalue weighted by atomic mass is 19.4. The van der Waals surface area contributed by atoms with Crippen LogP contribution in [0.4, 0.5) is 13.2 Å². The molecule has 2 aromatic rings. The first kappa shape index (κ1) is 15.4. The molecule has 0 bridgehead atoms. The van der Waals surface area contributed by atoms with Gasteiger partial charge < -0.3 is 9.42 Å². The number of aromatic nitrogens is 3.